The third-order valence-corrected chi connectivity index (χ3v) is 7.77. The van der Waals surface area contributed by atoms with E-state index in [4.69, 9.17) is 21.1 Å². The van der Waals surface area contributed by atoms with E-state index in [0.29, 0.717) is 11.5 Å². The van der Waals surface area contributed by atoms with Crippen molar-refractivity contribution in [2.75, 3.05) is 23.3 Å². The molecule has 0 radical (unpaired) electrons. The number of amides is 1. The Labute approximate surface area is 231 Å². The van der Waals surface area contributed by atoms with Crippen LogP contribution in [0.4, 0.5) is 11.4 Å². The van der Waals surface area contributed by atoms with Crippen molar-refractivity contribution in [3.8, 4) is 11.5 Å². The summed E-state index contributed by atoms with van der Waals surface area (Å²) < 4.78 is 38.9. The minimum absolute atomic E-state index is 0.0324. The summed E-state index contributed by atoms with van der Waals surface area (Å²) in [6.45, 7) is 1.31. The second-order valence-corrected chi connectivity index (χ2v) is 10.7. The number of para-hydroxylation sites is 1. The summed E-state index contributed by atoms with van der Waals surface area (Å²) in [5.74, 6) is -0.174. The lowest BCUT2D eigenvalue weighted by atomic mass is 10.2. The summed E-state index contributed by atoms with van der Waals surface area (Å²) >= 11 is 6.06. The van der Waals surface area contributed by atoms with E-state index < -0.39 is 28.4 Å². The Morgan fingerprint density at radius 1 is 0.872 bits per heavy atom. The monoisotopic (exact) mass is 564 g/mol. The van der Waals surface area contributed by atoms with Crippen molar-refractivity contribution in [2.45, 2.75) is 11.8 Å². The number of halogens is 1. The highest BCUT2D eigenvalue weighted by Crippen LogP contribution is 2.28. The fraction of sp³-hybridized carbons (Fsp3) is 0.103. The minimum Gasteiger partial charge on any atom is -0.465 e. The van der Waals surface area contributed by atoms with Crippen LogP contribution in [0.1, 0.15) is 15.9 Å². The average Bonchev–Trinajstić information content (AvgIpc) is 2.93. The van der Waals surface area contributed by atoms with Gasteiger partial charge in [0.2, 0.25) is 5.91 Å². The SMILES string of the molecule is COC(=O)c1cc(NC(=O)CN(c2ccc(Oc3ccccc3)cc2)S(=O)(=O)c2ccc(C)cc2)ccc1Cl. The van der Waals surface area contributed by atoms with Crippen LogP contribution >= 0.6 is 11.6 Å². The molecule has 0 saturated carbocycles. The molecule has 0 aliphatic heterocycles. The Bertz CT molecular complexity index is 1570. The number of esters is 1. The van der Waals surface area contributed by atoms with Gasteiger partial charge in [-0.05, 0) is 73.7 Å². The number of nitrogens with one attached hydrogen (secondary N) is 1. The van der Waals surface area contributed by atoms with Crippen molar-refractivity contribution < 1.29 is 27.5 Å². The molecule has 1 N–H and O–H groups in total. The maximum atomic E-state index is 13.7. The smallest absolute Gasteiger partial charge is 0.339 e. The highest BCUT2D eigenvalue weighted by molar-refractivity contribution is 7.92. The molecule has 0 heterocycles. The van der Waals surface area contributed by atoms with E-state index in [0.717, 1.165) is 9.87 Å². The fourth-order valence-electron chi connectivity index (χ4n) is 3.66. The van der Waals surface area contributed by atoms with Gasteiger partial charge in [0.15, 0.2) is 0 Å². The average molecular weight is 565 g/mol. The van der Waals surface area contributed by atoms with Gasteiger partial charge in [-0.1, -0.05) is 47.5 Å². The number of ether oxygens (including phenoxy) is 2. The van der Waals surface area contributed by atoms with E-state index >= 15 is 0 Å². The molecule has 0 bridgehead atoms. The van der Waals surface area contributed by atoms with Crippen molar-refractivity contribution in [3.63, 3.8) is 0 Å². The van der Waals surface area contributed by atoms with Crippen LogP contribution in [0.15, 0.2) is 102 Å². The van der Waals surface area contributed by atoms with Gasteiger partial charge in [-0.25, -0.2) is 13.2 Å². The Kier molecular flexibility index (Phi) is 8.53. The first kappa shape index (κ1) is 27.7. The molecule has 4 rings (SSSR count). The number of anilines is 2. The summed E-state index contributed by atoms with van der Waals surface area (Å²) in [5, 5.41) is 2.78. The first-order chi connectivity index (χ1) is 18.7. The zero-order valence-corrected chi connectivity index (χ0v) is 22.7. The van der Waals surface area contributed by atoms with Crippen LogP contribution in [0.25, 0.3) is 0 Å². The molecule has 4 aromatic rings. The quantitative estimate of drug-likeness (QED) is 0.248. The Morgan fingerprint density at radius 2 is 1.51 bits per heavy atom. The molecule has 0 fully saturated rings. The van der Waals surface area contributed by atoms with Gasteiger partial charge in [0, 0.05) is 5.69 Å². The number of carbonyl (C=O) groups excluding carboxylic acids is 2. The number of benzene rings is 4. The normalized spacial score (nSPS) is 10.9. The molecule has 39 heavy (non-hydrogen) atoms. The molecule has 4 aromatic carbocycles. The van der Waals surface area contributed by atoms with E-state index in [1.807, 2.05) is 25.1 Å². The molecule has 0 aliphatic carbocycles. The van der Waals surface area contributed by atoms with Crippen LogP contribution < -0.4 is 14.4 Å². The third-order valence-electron chi connectivity index (χ3n) is 5.66. The lowest BCUT2D eigenvalue weighted by Crippen LogP contribution is -2.38. The first-order valence-corrected chi connectivity index (χ1v) is 13.6. The highest BCUT2D eigenvalue weighted by atomic mass is 35.5. The van der Waals surface area contributed by atoms with Gasteiger partial charge in [0.05, 0.1) is 28.3 Å². The van der Waals surface area contributed by atoms with Crippen LogP contribution in [-0.4, -0.2) is 33.9 Å². The van der Waals surface area contributed by atoms with E-state index in [2.05, 4.69) is 5.32 Å². The van der Waals surface area contributed by atoms with E-state index in [1.54, 1.807) is 48.5 Å². The molecular formula is C29H25ClN2O6S. The maximum Gasteiger partial charge on any atom is 0.339 e. The predicted molar refractivity (Wildman–Crippen MR) is 150 cm³/mol. The number of nitrogens with zero attached hydrogens (tertiary/aromatic N) is 1. The lowest BCUT2D eigenvalue weighted by molar-refractivity contribution is -0.114. The van der Waals surface area contributed by atoms with E-state index in [9.17, 15) is 18.0 Å². The van der Waals surface area contributed by atoms with Crippen molar-refractivity contribution >= 4 is 44.9 Å². The summed E-state index contributed by atoms with van der Waals surface area (Å²) in [6.07, 6.45) is 0. The van der Waals surface area contributed by atoms with Gasteiger partial charge < -0.3 is 14.8 Å². The maximum absolute atomic E-state index is 13.7. The minimum atomic E-state index is -4.13. The number of aryl methyl sites for hydroxylation is 1. The fourth-order valence-corrected chi connectivity index (χ4v) is 5.27. The summed E-state index contributed by atoms with van der Waals surface area (Å²) in [5.41, 5.74) is 1.47. The second-order valence-electron chi connectivity index (χ2n) is 8.47. The predicted octanol–water partition coefficient (Wildman–Crippen LogP) is 6.06. The lowest BCUT2D eigenvalue weighted by Gasteiger charge is -2.24. The molecule has 8 nitrogen and oxygen atoms in total. The van der Waals surface area contributed by atoms with Crippen LogP contribution in [-0.2, 0) is 19.6 Å². The highest BCUT2D eigenvalue weighted by Gasteiger charge is 2.27. The molecular weight excluding hydrogens is 540 g/mol. The topological polar surface area (TPSA) is 102 Å². The molecule has 0 atom stereocenters. The van der Waals surface area contributed by atoms with Crippen molar-refractivity contribution in [2.24, 2.45) is 0 Å². The van der Waals surface area contributed by atoms with Gasteiger partial charge in [0.25, 0.3) is 10.0 Å². The second kappa shape index (κ2) is 12.0. The summed E-state index contributed by atoms with van der Waals surface area (Å²) in [4.78, 5) is 25.1. The van der Waals surface area contributed by atoms with Gasteiger partial charge in [-0.15, -0.1) is 0 Å². The first-order valence-electron chi connectivity index (χ1n) is 11.8. The summed E-state index contributed by atoms with van der Waals surface area (Å²) in [7, 11) is -2.91. The Hall–Kier alpha value is -4.34. The molecule has 1 amide bonds. The van der Waals surface area contributed by atoms with Crippen LogP contribution in [0, 0.1) is 6.92 Å². The molecule has 0 unspecified atom stereocenters. The van der Waals surface area contributed by atoms with Crippen molar-refractivity contribution in [3.05, 3.63) is 113 Å². The van der Waals surface area contributed by atoms with Crippen LogP contribution in [0.5, 0.6) is 11.5 Å². The van der Waals surface area contributed by atoms with Gasteiger partial charge in [-0.2, -0.15) is 0 Å². The van der Waals surface area contributed by atoms with Gasteiger partial charge in [0.1, 0.15) is 18.0 Å². The third kappa shape index (κ3) is 6.76. The summed E-state index contributed by atoms with van der Waals surface area (Å²) in [6, 6.07) is 26.2. The van der Waals surface area contributed by atoms with E-state index in [1.165, 1.54) is 37.4 Å². The van der Waals surface area contributed by atoms with Crippen LogP contribution in [0.3, 0.4) is 0 Å². The molecule has 10 heteroatoms. The number of hydrogen-bond donors (Lipinski definition) is 1. The van der Waals surface area contributed by atoms with E-state index in [-0.39, 0.29) is 26.9 Å². The van der Waals surface area contributed by atoms with Crippen LogP contribution in [0.2, 0.25) is 5.02 Å². The Balaban J connectivity index is 1.62. The van der Waals surface area contributed by atoms with Crippen molar-refractivity contribution in [1.82, 2.24) is 0 Å². The number of carbonyl (C=O) groups is 2. The standard InChI is InChI=1S/C29H25ClN2O6S/c1-20-8-15-25(16-9-20)39(35,36)32(22-11-13-24(14-12-22)38-23-6-4-3-5-7-23)19-28(33)31-21-10-17-27(30)26(18-21)29(34)37-2/h3-18H,19H2,1-2H3,(H,31,33). The molecule has 0 aromatic heterocycles. The largest absolute Gasteiger partial charge is 0.465 e. The number of methoxy groups -OCH3 is 1. The zero-order chi connectivity index (χ0) is 28.0. The zero-order valence-electron chi connectivity index (χ0n) is 21.1. The number of hydrogen-bond acceptors (Lipinski definition) is 6. The molecule has 0 spiro atoms. The number of rotatable bonds is 9. The molecule has 0 saturated heterocycles. The van der Waals surface area contributed by atoms with Crippen molar-refractivity contribution in [1.29, 1.82) is 0 Å². The molecule has 200 valence electrons. The Morgan fingerprint density at radius 3 is 2.15 bits per heavy atom. The van der Waals surface area contributed by atoms with Gasteiger partial charge >= 0.3 is 5.97 Å². The van der Waals surface area contributed by atoms with Gasteiger partial charge in [-0.3, -0.25) is 9.10 Å². The number of sulfonamides is 1. The molecule has 0 aliphatic rings.